The molecule has 0 unspecified atom stereocenters. The quantitative estimate of drug-likeness (QED) is 0.159. The van der Waals surface area contributed by atoms with Crippen LogP contribution in [0, 0.1) is 0 Å². The van der Waals surface area contributed by atoms with Crippen molar-refractivity contribution in [2.24, 2.45) is 0 Å². The summed E-state index contributed by atoms with van der Waals surface area (Å²) in [5, 5.41) is 8.82. The van der Waals surface area contributed by atoms with Crippen molar-refractivity contribution in [2.75, 3.05) is 0 Å². The van der Waals surface area contributed by atoms with Crippen LogP contribution in [0.5, 0.6) is 0 Å². The van der Waals surface area contributed by atoms with Gasteiger partial charge in [0.15, 0.2) is 17.5 Å². The minimum absolute atomic E-state index is 0.543. The first kappa shape index (κ1) is 42.2. The molecule has 0 spiro atoms. The van der Waals surface area contributed by atoms with E-state index in [0.717, 1.165) is 105 Å². The number of benzene rings is 11. The fourth-order valence-electron chi connectivity index (χ4n) is 11.7. The molecule has 0 N–H and O–H groups in total. The second-order valence-corrected chi connectivity index (χ2v) is 19.5. The van der Waals surface area contributed by atoms with Crippen molar-refractivity contribution < 1.29 is 8.83 Å². The van der Waals surface area contributed by atoms with Gasteiger partial charge in [-0.1, -0.05) is 158 Å². The van der Waals surface area contributed by atoms with Crippen LogP contribution in [0.2, 0.25) is 0 Å². The molecule has 5 heterocycles. The van der Waals surface area contributed by atoms with Crippen molar-refractivity contribution in [3.63, 3.8) is 0 Å². The van der Waals surface area contributed by atoms with Crippen molar-refractivity contribution in [3.8, 4) is 67.8 Å². The van der Waals surface area contributed by atoms with E-state index in [-0.39, 0.29) is 0 Å². The zero-order chi connectivity index (χ0) is 49.8. The van der Waals surface area contributed by atoms with Crippen LogP contribution in [0.15, 0.2) is 258 Å². The molecular weight excluding hydrogens is 931 g/mol. The van der Waals surface area contributed by atoms with Crippen LogP contribution in [0.4, 0.5) is 0 Å². The van der Waals surface area contributed by atoms with Gasteiger partial charge in [0, 0.05) is 71.2 Å². The van der Waals surface area contributed by atoms with Crippen molar-refractivity contribution >= 4 is 87.5 Å². The molecule has 7 heteroatoms. The number of fused-ring (bicyclic) bond motifs is 12. The maximum atomic E-state index is 6.63. The fraction of sp³-hybridized carbons (Fsp3) is 0. The summed E-state index contributed by atoms with van der Waals surface area (Å²) >= 11 is 0. The molecule has 354 valence electrons. The average molecular weight is 972 g/mol. The number of furan rings is 2. The Bertz CT molecular complexity index is 4950. The van der Waals surface area contributed by atoms with Crippen molar-refractivity contribution in [3.05, 3.63) is 249 Å². The molecule has 0 aliphatic heterocycles. The maximum absolute atomic E-state index is 6.63. The molecule has 11 aromatic carbocycles. The monoisotopic (exact) mass is 971 g/mol. The molecule has 16 aromatic rings. The number of aromatic nitrogens is 5. The van der Waals surface area contributed by atoms with Crippen LogP contribution in [0.1, 0.15) is 0 Å². The summed E-state index contributed by atoms with van der Waals surface area (Å²) in [5.74, 6) is 1.67. The predicted molar refractivity (Wildman–Crippen MR) is 310 cm³/mol. The summed E-state index contributed by atoms with van der Waals surface area (Å²) < 4.78 is 18.0. The molecule has 0 atom stereocenters. The Morgan fingerprint density at radius 3 is 1.50 bits per heavy atom. The van der Waals surface area contributed by atoms with Gasteiger partial charge in [-0.25, -0.2) is 15.0 Å². The molecule has 0 radical (unpaired) electrons. The first-order valence-electron chi connectivity index (χ1n) is 25.6. The predicted octanol–water partition coefficient (Wildman–Crippen LogP) is 18.2. The smallest absolute Gasteiger partial charge is 0.164 e. The van der Waals surface area contributed by atoms with E-state index < -0.39 is 0 Å². The van der Waals surface area contributed by atoms with E-state index in [1.165, 1.54) is 32.7 Å². The van der Waals surface area contributed by atoms with Crippen LogP contribution in [-0.4, -0.2) is 24.1 Å². The van der Waals surface area contributed by atoms with Crippen LogP contribution in [-0.2, 0) is 0 Å². The molecule has 0 aliphatic rings. The highest BCUT2D eigenvalue weighted by Gasteiger charge is 2.21. The van der Waals surface area contributed by atoms with E-state index in [1.54, 1.807) is 0 Å². The lowest BCUT2D eigenvalue weighted by Crippen LogP contribution is -2.00. The Morgan fingerprint density at radius 1 is 0.250 bits per heavy atom. The SMILES string of the molecule is c1ccc(-c2cccc(-n3c4ccccc4c4cc(-c5ccc6oc7cccc(-c8nc(-c9ccccc9)nc(-c9ccc%10c(c9)oc9ccc(-n%11c%12ccccc%12c%12ccccc%12%11)cc9%10)n8)c7c6c5)ccc43)c2)cc1. The topological polar surface area (TPSA) is 74.8 Å². The Kier molecular flexibility index (Phi) is 9.20. The lowest BCUT2D eigenvalue weighted by Gasteiger charge is -2.11. The van der Waals surface area contributed by atoms with Gasteiger partial charge >= 0.3 is 0 Å². The molecule has 7 nitrogen and oxygen atoms in total. The van der Waals surface area contributed by atoms with E-state index in [0.29, 0.717) is 17.5 Å². The molecular formula is C69H41N5O2. The number of nitrogens with zero attached hydrogens (tertiary/aromatic N) is 5. The zero-order valence-corrected chi connectivity index (χ0v) is 40.7. The highest BCUT2D eigenvalue weighted by molar-refractivity contribution is 6.15. The lowest BCUT2D eigenvalue weighted by molar-refractivity contribution is 0.668. The van der Waals surface area contributed by atoms with Gasteiger partial charge < -0.3 is 18.0 Å². The summed E-state index contributed by atoms with van der Waals surface area (Å²) in [7, 11) is 0. The minimum atomic E-state index is 0.543. The normalized spacial score (nSPS) is 11.9. The van der Waals surface area contributed by atoms with Gasteiger partial charge in [0.2, 0.25) is 0 Å². The second-order valence-electron chi connectivity index (χ2n) is 19.5. The van der Waals surface area contributed by atoms with Crippen LogP contribution in [0.3, 0.4) is 0 Å². The standard InChI is InChI=1S/C69H41N5O2/c1-3-15-42(16-4-1)44-19-13-20-48(37-44)73-60-27-12-9-23-52(60)55-38-45(30-34-61(55)73)46-31-35-63-57(39-46)66-54(24-14-28-64(66)75-63)69-71-67(43-17-5-2-6-18-43)70-68(72-69)47-29-33-53-56-41-49(32-36-62(56)76-65(53)40-47)74-58-25-10-7-21-50(58)51-22-8-11-26-59(51)74/h1-41H. The van der Waals surface area contributed by atoms with E-state index in [4.69, 9.17) is 23.8 Å². The number of rotatable bonds is 7. The third-order valence-electron chi connectivity index (χ3n) is 15.2. The third-order valence-corrected chi connectivity index (χ3v) is 15.2. The minimum Gasteiger partial charge on any atom is -0.456 e. The first-order valence-corrected chi connectivity index (χ1v) is 25.6. The molecule has 0 bridgehead atoms. The fourth-order valence-corrected chi connectivity index (χ4v) is 11.7. The summed E-state index contributed by atoms with van der Waals surface area (Å²) in [6.07, 6.45) is 0. The lowest BCUT2D eigenvalue weighted by atomic mass is 9.99. The molecule has 5 aromatic heterocycles. The largest absolute Gasteiger partial charge is 0.456 e. The summed E-state index contributed by atoms with van der Waals surface area (Å²) in [6, 6.07) is 87.5. The Balaban J connectivity index is 0.813. The van der Waals surface area contributed by atoms with E-state index in [2.05, 4.69) is 215 Å². The highest BCUT2D eigenvalue weighted by Crippen LogP contribution is 2.42. The summed E-state index contributed by atoms with van der Waals surface area (Å²) in [4.78, 5) is 15.6. The van der Waals surface area contributed by atoms with Gasteiger partial charge in [0.25, 0.3) is 0 Å². The molecule has 76 heavy (non-hydrogen) atoms. The van der Waals surface area contributed by atoms with Crippen LogP contribution < -0.4 is 0 Å². The highest BCUT2D eigenvalue weighted by atomic mass is 16.3. The van der Waals surface area contributed by atoms with E-state index in [1.807, 2.05) is 42.5 Å². The molecule has 0 saturated heterocycles. The molecule has 16 rings (SSSR count). The Morgan fingerprint density at radius 2 is 0.763 bits per heavy atom. The molecule has 0 fully saturated rings. The van der Waals surface area contributed by atoms with Crippen molar-refractivity contribution in [1.82, 2.24) is 24.1 Å². The Labute approximate surface area is 434 Å². The average Bonchev–Trinajstić information content (AvgIpc) is 4.25. The summed E-state index contributed by atoms with van der Waals surface area (Å²) in [6.45, 7) is 0. The number of para-hydroxylation sites is 3. The molecule has 0 amide bonds. The van der Waals surface area contributed by atoms with Gasteiger partial charge in [0.05, 0.1) is 22.1 Å². The Hall–Kier alpha value is -10.4. The van der Waals surface area contributed by atoms with Crippen LogP contribution >= 0.6 is 0 Å². The second kappa shape index (κ2) is 16.6. The van der Waals surface area contributed by atoms with Gasteiger partial charge in [-0.3, -0.25) is 0 Å². The molecule has 0 aliphatic carbocycles. The van der Waals surface area contributed by atoms with Gasteiger partial charge in [0.1, 0.15) is 22.3 Å². The summed E-state index contributed by atoms with van der Waals surface area (Å²) in [5.41, 5.74) is 17.1. The van der Waals surface area contributed by atoms with Crippen molar-refractivity contribution in [1.29, 1.82) is 0 Å². The number of hydrogen-bond donors (Lipinski definition) is 0. The van der Waals surface area contributed by atoms with E-state index in [9.17, 15) is 0 Å². The van der Waals surface area contributed by atoms with Crippen molar-refractivity contribution in [2.45, 2.75) is 0 Å². The zero-order valence-electron chi connectivity index (χ0n) is 40.7. The van der Waals surface area contributed by atoms with Crippen LogP contribution in [0.25, 0.3) is 155 Å². The third kappa shape index (κ3) is 6.59. The maximum Gasteiger partial charge on any atom is 0.164 e. The van der Waals surface area contributed by atoms with Gasteiger partial charge in [-0.15, -0.1) is 0 Å². The molecule has 0 saturated carbocycles. The van der Waals surface area contributed by atoms with E-state index >= 15 is 0 Å². The van der Waals surface area contributed by atoms with Gasteiger partial charge in [-0.05, 0) is 113 Å². The first-order chi connectivity index (χ1) is 37.6. The van der Waals surface area contributed by atoms with Gasteiger partial charge in [-0.2, -0.15) is 0 Å². The number of hydrogen-bond acceptors (Lipinski definition) is 5.